The fraction of sp³-hybridized carbons (Fsp3) is 0.182. The monoisotopic (exact) mass is 434 g/mol. The molecule has 0 aliphatic heterocycles. The Morgan fingerprint density at radius 3 is 2.61 bits per heavy atom. The van der Waals surface area contributed by atoms with Crippen molar-refractivity contribution in [2.75, 3.05) is 5.32 Å². The minimum Gasteiger partial charge on any atom is -0.339 e. The second-order valence-electron chi connectivity index (χ2n) is 7.07. The van der Waals surface area contributed by atoms with E-state index < -0.39 is 0 Å². The van der Waals surface area contributed by atoms with Gasteiger partial charge in [0.05, 0.1) is 15.9 Å². The van der Waals surface area contributed by atoms with Crippen LogP contribution >= 0.6 is 15.9 Å². The van der Waals surface area contributed by atoms with Crippen LogP contribution in [0.4, 0.5) is 5.82 Å². The molecule has 0 radical (unpaired) electrons. The summed E-state index contributed by atoms with van der Waals surface area (Å²) in [6.07, 6.45) is 2.97. The van der Waals surface area contributed by atoms with Gasteiger partial charge in [-0.3, -0.25) is 4.79 Å². The number of carbonyl (C=O) groups excluding carboxylic acids is 1. The van der Waals surface area contributed by atoms with E-state index >= 15 is 0 Å². The van der Waals surface area contributed by atoms with Crippen molar-refractivity contribution < 1.29 is 4.79 Å². The summed E-state index contributed by atoms with van der Waals surface area (Å²) in [4.78, 5) is 13.3. The number of hydrogen-bond acceptors (Lipinski definition) is 2. The molecule has 0 spiro atoms. The van der Waals surface area contributed by atoms with Gasteiger partial charge in [0, 0.05) is 23.5 Å². The van der Waals surface area contributed by atoms with E-state index in [0.29, 0.717) is 5.69 Å². The highest BCUT2D eigenvalue weighted by Crippen LogP contribution is 2.34. The minimum absolute atomic E-state index is 0.141. The van der Waals surface area contributed by atoms with Crippen LogP contribution in [0.5, 0.6) is 0 Å². The molecule has 1 aliphatic rings. The SMILES string of the molecule is Cn1c(C(=O)Nc2c3c(nn2-c2ccccc2)CCC3)c(Br)c2ccccc21. The molecule has 2 aromatic heterocycles. The van der Waals surface area contributed by atoms with E-state index in [0.717, 1.165) is 57.4 Å². The number of carbonyl (C=O) groups is 1. The Kier molecular flexibility index (Phi) is 4.09. The maximum Gasteiger partial charge on any atom is 0.274 e. The van der Waals surface area contributed by atoms with Crippen LogP contribution in [0, 0.1) is 0 Å². The van der Waals surface area contributed by atoms with Crippen molar-refractivity contribution in [3.63, 3.8) is 0 Å². The minimum atomic E-state index is -0.141. The predicted octanol–water partition coefficient (Wildman–Crippen LogP) is 4.87. The van der Waals surface area contributed by atoms with Gasteiger partial charge in [-0.25, -0.2) is 4.68 Å². The third kappa shape index (κ3) is 2.59. The van der Waals surface area contributed by atoms with Crippen LogP contribution in [0.2, 0.25) is 0 Å². The molecule has 6 heteroatoms. The molecule has 2 aromatic carbocycles. The number of hydrogen-bond donors (Lipinski definition) is 1. The van der Waals surface area contributed by atoms with Crippen LogP contribution in [0.15, 0.2) is 59.1 Å². The van der Waals surface area contributed by atoms with Gasteiger partial charge in [-0.2, -0.15) is 5.10 Å². The van der Waals surface area contributed by atoms with E-state index in [9.17, 15) is 4.79 Å². The van der Waals surface area contributed by atoms with Crippen LogP contribution in [-0.2, 0) is 19.9 Å². The Bertz CT molecular complexity index is 1170. The maximum absolute atomic E-state index is 13.3. The summed E-state index contributed by atoms with van der Waals surface area (Å²) in [7, 11) is 1.92. The first-order chi connectivity index (χ1) is 13.6. The highest BCUT2D eigenvalue weighted by atomic mass is 79.9. The lowest BCUT2D eigenvalue weighted by Crippen LogP contribution is -2.19. The number of aromatic nitrogens is 3. The Hall–Kier alpha value is -2.86. The predicted molar refractivity (Wildman–Crippen MR) is 114 cm³/mol. The van der Waals surface area contributed by atoms with E-state index in [4.69, 9.17) is 5.10 Å². The van der Waals surface area contributed by atoms with Gasteiger partial charge in [-0.1, -0.05) is 36.4 Å². The molecular weight excluding hydrogens is 416 g/mol. The third-order valence-corrected chi connectivity index (χ3v) is 6.20. The van der Waals surface area contributed by atoms with Gasteiger partial charge in [0.2, 0.25) is 0 Å². The summed E-state index contributed by atoms with van der Waals surface area (Å²) in [5.74, 6) is 0.637. The molecule has 1 aliphatic carbocycles. The molecule has 0 saturated heterocycles. The molecule has 0 saturated carbocycles. The fourth-order valence-corrected chi connectivity index (χ4v) is 4.82. The van der Waals surface area contributed by atoms with Crippen molar-refractivity contribution in [3.8, 4) is 5.69 Å². The molecule has 0 atom stereocenters. The Labute approximate surface area is 171 Å². The number of nitrogens with zero attached hydrogens (tertiary/aromatic N) is 3. The molecule has 1 N–H and O–H groups in total. The number of para-hydroxylation sites is 2. The van der Waals surface area contributed by atoms with Crippen molar-refractivity contribution in [2.24, 2.45) is 7.05 Å². The van der Waals surface area contributed by atoms with Gasteiger partial charge in [0.15, 0.2) is 0 Å². The van der Waals surface area contributed by atoms with E-state index in [-0.39, 0.29) is 5.91 Å². The van der Waals surface area contributed by atoms with Crippen molar-refractivity contribution in [2.45, 2.75) is 19.3 Å². The Morgan fingerprint density at radius 2 is 1.82 bits per heavy atom. The summed E-state index contributed by atoms with van der Waals surface area (Å²) in [6.45, 7) is 0. The lowest BCUT2D eigenvalue weighted by Gasteiger charge is -2.12. The smallest absolute Gasteiger partial charge is 0.274 e. The standard InChI is InChI=1S/C22H19BrN4O/c1-26-18-13-6-5-10-16(18)19(23)20(26)22(28)24-21-15-11-7-12-17(15)25-27(21)14-8-3-2-4-9-14/h2-6,8-10,13H,7,11-12H2,1H3,(H,24,28). The summed E-state index contributed by atoms with van der Waals surface area (Å²) in [5, 5.41) is 8.96. The molecule has 1 amide bonds. The third-order valence-electron chi connectivity index (χ3n) is 5.40. The molecule has 5 rings (SSSR count). The van der Waals surface area contributed by atoms with Crippen molar-refractivity contribution in [1.82, 2.24) is 14.3 Å². The molecular formula is C22H19BrN4O. The van der Waals surface area contributed by atoms with E-state index in [1.54, 1.807) is 0 Å². The summed E-state index contributed by atoms with van der Waals surface area (Å²) in [6, 6.07) is 17.9. The lowest BCUT2D eigenvalue weighted by atomic mass is 10.2. The van der Waals surface area contributed by atoms with Gasteiger partial charge in [-0.15, -0.1) is 0 Å². The number of amides is 1. The van der Waals surface area contributed by atoms with Crippen molar-refractivity contribution >= 4 is 38.6 Å². The molecule has 0 bridgehead atoms. The average Bonchev–Trinajstić information content (AvgIpc) is 3.37. The summed E-state index contributed by atoms with van der Waals surface area (Å²) >= 11 is 3.63. The van der Waals surface area contributed by atoms with E-state index in [1.807, 2.05) is 70.9 Å². The first-order valence-electron chi connectivity index (χ1n) is 9.35. The number of benzene rings is 2. The normalized spacial score (nSPS) is 13.1. The van der Waals surface area contributed by atoms with Gasteiger partial charge < -0.3 is 9.88 Å². The average molecular weight is 435 g/mol. The zero-order valence-corrected chi connectivity index (χ0v) is 17.0. The molecule has 4 aromatic rings. The van der Waals surface area contributed by atoms with Gasteiger partial charge in [-0.05, 0) is 53.4 Å². The zero-order chi connectivity index (χ0) is 19.3. The van der Waals surface area contributed by atoms with Gasteiger partial charge in [0.1, 0.15) is 11.5 Å². The van der Waals surface area contributed by atoms with Gasteiger partial charge in [0.25, 0.3) is 5.91 Å². The largest absolute Gasteiger partial charge is 0.339 e. The summed E-state index contributed by atoms with van der Waals surface area (Å²) in [5.41, 5.74) is 4.79. The molecule has 5 nitrogen and oxygen atoms in total. The van der Waals surface area contributed by atoms with Crippen LogP contribution in [0.25, 0.3) is 16.6 Å². The maximum atomic E-state index is 13.3. The van der Waals surface area contributed by atoms with Crippen LogP contribution < -0.4 is 5.32 Å². The summed E-state index contributed by atoms with van der Waals surface area (Å²) < 4.78 is 4.60. The quantitative estimate of drug-likeness (QED) is 0.500. The lowest BCUT2D eigenvalue weighted by molar-refractivity contribution is 0.101. The van der Waals surface area contributed by atoms with E-state index in [1.165, 1.54) is 0 Å². The number of fused-ring (bicyclic) bond motifs is 2. The topological polar surface area (TPSA) is 51.9 Å². The van der Waals surface area contributed by atoms with Crippen LogP contribution in [0.1, 0.15) is 28.2 Å². The van der Waals surface area contributed by atoms with Crippen LogP contribution in [0.3, 0.4) is 0 Å². The number of anilines is 1. The first kappa shape index (κ1) is 17.3. The zero-order valence-electron chi connectivity index (χ0n) is 15.4. The van der Waals surface area contributed by atoms with Crippen molar-refractivity contribution in [1.29, 1.82) is 0 Å². The number of aryl methyl sites for hydroxylation is 2. The Balaban J connectivity index is 1.60. The van der Waals surface area contributed by atoms with Gasteiger partial charge >= 0.3 is 0 Å². The fourth-order valence-electron chi connectivity index (χ4n) is 4.04. The molecule has 0 unspecified atom stereocenters. The number of halogens is 1. The highest BCUT2D eigenvalue weighted by molar-refractivity contribution is 9.10. The molecule has 28 heavy (non-hydrogen) atoms. The second-order valence-corrected chi connectivity index (χ2v) is 7.86. The van der Waals surface area contributed by atoms with Crippen molar-refractivity contribution in [3.05, 3.63) is 76.0 Å². The molecule has 140 valence electrons. The number of nitrogens with one attached hydrogen (secondary N) is 1. The molecule has 0 fully saturated rings. The highest BCUT2D eigenvalue weighted by Gasteiger charge is 2.26. The first-order valence-corrected chi connectivity index (χ1v) is 10.1. The number of rotatable bonds is 3. The molecule has 2 heterocycles. The Morgan fingerprint density at radius 1 is 1.07 bits per heavy atom. The second kappa shape index (κ2) is 6.63. The van der Waals surface area contributed by atoms with Crippen LogP contribution in [-0.4, -0.2) is 20.3 Å². The van der Waals surface area contributed by atoms with E-state index in [2.05, 4.69) is 21.2 Å².